The Labute approximate surface area is 198 Å². The first kappa shape index (κ1) is 22.5. The summed E-state index contributed by atoms with van der Waals surface area (Å²) in [5.74, 6) is 1.36. The van der Waals surface area contributed by atoms with Gasteiger partial charge in [0.25, 0.3) is 0 Å². The van der Waals surface area contributed by atoms with Gasteiger partial charge in [-0.3, -0.25) is 0 Å². The van der Waals surface area contributed by atoms with Gasteiger partial charge in [-0.05, 0) is 31.3 Å². The summed E-state index contributed by atoms with van der Waals surface area (Å²) in [6.45, 7) is 7.43. The fourth-order valence-corrected chi connectivity index (χ4v) is 4.78. The number of nitrogens with one attached hydrogen (secondary N) is 1. The van der Waals surface area contributed by atoms with Gasteiger partial charge in [-0.25, -0.2) is 15.1 Å². The third-order valence-electron chi connectivity index (χ3n) is 4.97. The quantitative estimate of drug-likeness (QED) is 0.330. The summed E-state index contributed by atoms with van der Waals surface area (Å²) in [6.07, 6.45) is 0. The summed E-state index contributed by atoms with van der Waals surface area (Å²) in [5, 5.41) is 8.37. The van der Waals surface area contributed by atoms with Crippen molar-refractivity contribution >= 4 is 56.7 Å². The van der Waals surface area contributed by atoms with Crippen molar-refractivity contribution in [2.75, 3.05) is 37.7 Å². The van der Waals surface area contributed by atoms with Crippen molar-refractivity contribution in [3.63, 3.8) is 0 Å². The Morgan fingerprint density at radius 1 is 1.06 bits per heavy atom. The van der Waals surface area contributed by atoms with E-state index >= 15 is 0 Å². The Balaban J connectivity index is 1.73. The standard InChI is InChI=1S/C20H22Cl2N8OS/c1-3-30(4-2)5-6-31-14-7-10(12(21)9-13(14)22)16-11-8-15(17-26-20(24)29-28-17)32-18(11)27-19(23)25-16/h7-9H,3-6H2,1-2H3,(H2,23,25,27)(H3,24,26,28,29). The number of halogens is 2. The number of benzene rings is 1. The minimum Gasteiger partial charge on any atom is -0.491 e. The molecule has 5 N–H and O–H groups in total. The SMILES string of the molecule is CCN(CC)CCOc1cc(-c2nc(N)nc3sc(-c4n[nH]c(N)n4)cc23)c(Cl)cc1Cl. The zero-order chi connectivity index (χ0) is 22.8. The number of hydrogen-bond acceptors (Lipinski definition) is 9. The third kappa shape index (κ3) is 4.58. The van der Waals surface area contributed by atoms with Gasteiger partial charge in [-0.1, -0.05) is 37.0 Å². The summed E-state index contributed by atoms with van der Waals surface area (Å²) in [6, 6.07) is 5.33. The number of aromatic nitrogens is 5. The van der Waals surface area contributed by atoms with Crippen LogP contribution in [0.15, 0.2) is 18.2 Å². The van der Waals surface area contributed by atoms with E-state index in [0.717, 1.165) is 29.9 Å². The molecule has 4 rings (SSSR count). The second-order valence-corrected chi connectivity index (χ2v) is 8.79. The third-order valence-corrected chi connectivity index (χ3v) is 6.60. The van der Waals surface area contributed by atoms with E-state index in [4.69, 9.17) is 39.4 Å². The first-order chi connectivity index (χ1) is 15.4. The molecule has 4 aromatic rings. The molecular formula is C20H22Cl2N8OS. The number of anilines is 2. The molecule has 0 spiro atoms. The van der Waals surface area contributed by atoms with E-state index in [2.05, 4.69) is 43.9 Å². The van der Waals surface area contributed by atoms with Gasteiger partial charge in [0, 0.05) is 17.5 Å². The number of rotatable bonds is 8. The van der Waals surface area contributed by atoms with Gasteiger partial charge in [0.05, 0.1) is 20.6 Å². The Bertz CT molecular complexity index is 1250. The van der Waals surface area contributed by atoms with E-state index in [1.54, 1.807) is 12.1 Å². The van der Waals surface area contributed by atoms with Crippen LogP contribution in [0, 0.1) is 0 Å². The normalized spacial score (nSPS) is 11.5. The van der Waals surface area contributed by atoms with E-state index < -0.39 is 0 Å². The maximum absolute atomic E-state index is 6.55. The summed E-state index contributed by atoms with van der Waals surface area (Å²) in [7, 11) is 0. The van der Waals surface area contributed by atoms with E-state index in [0.29, 0.717) is 44.3 Å². The number of thiophene rings is 1. The highest BCUT2D eigenvalue weighted by Crippen LogP contribution is 2.41. The Morgan fingerprint density at radius 2 is 1.84 bits per heavy atom. The maximum atomic E-state index is 6.55. The molecule has 3 aromatic heterocycles. The molecule has 12 heteroatoms. The molecule has 0 atom stereocenters. The molecular weight excluding hydrogens is 471 g/mol. The van der Waals surface area contributed by atoms with Crippen molar-refractivity contribution in [1.29, 1.82) is 0 Å². The molecule has 0 saturated carbocycles. The van der Waals surface area contributed by atoms with E-state index in [-0.39, 0.29) is 11.9 Å². The van der Waals surface area contributed by atoms with Crippen LogP contribution in [0.25, 0.3) is 32.2 Å². The number of fused-ring (bicyclic) bond motifs is 1. The molecule has 1 aromatic carbocycles. The van der Waals surface area contributed by atoms with Crippen molar-refractivity contribution in [1.82, 2.24) is 30.0 Å². The molecule has 0 aliphatic rings. The first-order valence-electron chi connectivity index (χ1n) is 9.99. The van der Waals surface area contributed by atoms with Crippen LogP contribution in [-0.4, -0.2) is 56.3 Å². The monoisotopic (exact) mass is 492 g/mol. The molecule has 0 fully saturated rings. The minimum absolute atomic E-state index is 0.130. The van der Waals surface area contributed by atoms with Gasteiger partial charge >= 0.3 is 0 Å². The lowest BCUT2D eigenvalue weighted by atomic mass is 10.1. The van der Waals surface area contributed by atoms with Gasteiger partial charge in [-0.15, -0.1) is 11.3 Å². The number of hydrogen-bond donors (Lipinski definition) is 3. The molecule has 168 valence electrons. The van der Waals surface area contributed by atoms with Crippen molar-refractivity contribution in [3.8, 4) is 27.7 Å². The Morgan fingerprint density at radius 3 is 2.53 bits per heavy atom. The largest absolute Gasteiger partial charge is 0.491 e. The first-order valence-corrected chi connectivity index (χ1v) is 11.6. The van der Waals surface area contributed by atoms with Crippen LogP contribution < -0.4 is 16.2 Å². The summed E-state index contributed by atoms with van der Waals surface area (Å²) >= 11 is 14.3. The van der Waals surface area contributed by atoms with Crippen molar-refractivity contribution in [2.45, 2.75) is 13.8 Å². The Kier molecular flexibility index (Phi) is 6.66. The van der Waals surface area contributed by atoms with Crippen LogP contribution in [0.2, 0.25) is 10.0 Å². The molecule has 0 aliphatic heterocycles. The fourth-order valence-electron chi connectivity index (χ4n) is 3.28. The van der Waals surface area contributed by atoms with Crippen LogP contribution in [0.4, 0.5) is 11.9 Å². The highest BCUT2D eigenvalue weighted by molar-refractivity contribution is 7.21. The van der Waals surface area contributed by atoms with Gasteiger partial charge in [0.15, 0.2) is 5.82 Å². The van der Waals surface area contributed by atoms with Gasteiger partial charge in [-0.2, -0.15) is 10.1 Å². The molecule has 0 bridgehead atoms. The van der Waals surface area contributed by atoms with E-state index in [9.17, 15) is 0 Å². The fraction of sp³-hybridized carbons (Fsp3) is 0.300. The lowest BCUT2D eigenvalue weighted by Crippen LogP contribution is -2.27. The smallest absolute Gasteiger partial charge is 0.221 e. The molecule has 0 radical (unpaired) electrons. The topological polar surface area (TPSA) is 132 Å². The van der Waals surface area contributed by atoms with Crippen molar-refractivity contribution in [2.24, 2.45) is 0 Å². The summed E-state index contributed by atoms with van der Waals surface area (Å²) in [4.78, 5) is 16.7. The number of ether oxygens (including phenoxy) is 1. The zero-order valence-electron chi connectivity index (χ0n) is 17.5. The number of nitrogen functional groups attached to an aromatic ring is 2. The van der Waals surface area contributed by atoms with Crippen molar-refractivity contribution < 1.29 is 4.74 Å². The number of likely N-dealkylation sites (N-methyl/N-ethyl adjacent to an activating group) is 1. The predicted octanol–water partition coefficient (Wildman–Crippen LogP) is 4.34. The molecule has 9 nitrogen and oxygen atoms in total. The number of H-pyrrole nitrogens is 1. The van der Waals surface area contributed by atoms with E-state index in [1.165, 1.54) is 11.3 Å². The number of aromatic amines is 1. The van der Waals surface area contributed by atoms with Crippen LogP contribution in [0.3, 0.4) is 0 Å². The molecule has 0 amide bonds. The highest BCUT2D eigenvalue weighted by Gasteiger charge is 2.19. The molecule has 0 saturated heterocycles. The second kappa shape index (κ2) is 9.45. The van der Waals surface area contributed by atoms with Crippen LogP contribution in [0.1, 0.15) is 13.8 Å². The van der Waals surface area contributed by atoms with Gasteiger partial charge in [0.2, 0.25) is 11.9 Å². The van der Waals surface area contributed by atoms with Crippen molar-refractivity contribution in [3.05, 3.63) is 28.2 Å². The van der Waals surface area contributed by atoms with Gasteiger partial charge < -0.3 is 21.1 Å². The van der Waals surface area contributed by atoms with Crippen LogP contribution in [0.5, 0.6) is 5.75 Å². The Hall–Kier alpha value is -2.66. The summed E-state index contributed by atoms with van der Waals surface area (Å²) < 4.78 is 5.97. The molecule has 0 aliphatic carbocycles. The lowest BCUT2D eigenvalue weighted by Gasteiger charge is -2.19. The zero-order valence-corrected chi connectivity index (χ0v) is 19.9. The predicted molar refractivity (Wildman–Crippen MR) is 130 cm³/mol. The van der Waals surface area contributed by atoms with E-state index in [1.807, 2.05) is 6.07 Å². The van der Waals surface area contributed by atoms with Gasteiger partial charge in [0.1, 0.15) is 17.2 Å². The minimum atomic E-state index is 0.130. The van der Waals surface area contributed by atoms with Crippen LogP contribution >= 0.6 is 34.5 Å². The molecule has 32 heavy (non-hydrogen) atoms. The summed E-state index contributed by atoms with van der Waals surface area (Å²) in [5.41, 5.74) is 12.9. The average molecular weight is 493 g/mol. The average Bonchev–Trinajstić information content (AvgIpc) is 3.38. The number of nitrogens with two attached hydrogens (primary N) is 2. The highest BCUT2D eigenvalue weighted by atomic mass is 35.5. The maximum Gasteiger partial charge on any atom is 0.221 e. The second-order valence-electron chi connectivity index (χ2n) is 6.94. The van der Waals surface area contributed by atoms with Crippen LogP contribution in [-0.2, 0) is 0 Å². The lowest BCUT2D eigenvalue weighted by molar-refractivity contribution is 0.223. The molecule has 0 unspecified atom stereocenters. The molecule has 3 heterocycles. The number of nitrogens with zero attached hydrogens (tertiary/aromatic N) is 5.